The molecule has 106 valence electrons. The number of nitrogens with one attached hydrogen (secondary N) is 1. The minimum absolute atomic E-state index is 0.0265. The number of benzene rings is 1. The highest BCUT2D eigenvalue weighted by atomic mass is 35.5. The van der Waals surface area contributed by atoms with E-state index < -0.39 is 0 Å². The van der Waals surface area contributed by atoms with Crippen molar-refractivity contribution in [1.29, 1.82) is 0 Å². The van der Waals surface area contributed by atoms with Crippen LogP contribution in [-0.4, -0.2) is 17.6 Å². The van der Waals surface area contributed by atoms with E-state index in [2.05, 4.69) is 10.5 Å². The van der Waals surface area contributed by atoms with Crippen molar-refractivity contribution in [3.8, 4) is 0 Å². The van der Waals surface area contributed by atoms with E-state index in [4.69, 9.17) is 16.1 Å². The summed E-state index contributed by atoms with van der Waals surface area (Å²) in [6.45, 7) is 4.24. The second-order valence-electron chi connectivity index (χ2n) is 4.71. The van der Waals surface area contributed by atoms with Crippen molar-refractivity contribution in [2.24, 2.45) is 0 Å². The van der Waals surface area contributed by atoms with Crippen LogP contribution in [-0.2, 0) is 17.6 Å². The van der Waals surface area contributed by atoms with Gasteiger partial charge in [-0.3, -0.25) is 4.79 Å². The van der Waals surface area contributed by atoms with Crippen molar-refractivity contribution in [2.45, 2.75) is 26.7 Å². The standard InChI is InChI=1S/C15H17ClN2O2/c1-10-14(11(2)20-18-10)9-15(19)17-7-6-12-4-3-5-13(16)8-12/h3-5,8H,6-7,9H2,1-2H3,(H,17,19). The number of rotatable bonds is 5. The smallest absolute Gasteiger partial charge is 0.224 e. The average molecular weight is 293 g/mol. The highest BCUT2D eigenvalue weighted by Crippen LogP contribution is 2.13. The van der Waals surface area contributed by atoms with Crippen LogP contribution in [0.15, 0.2) is 28.8 Å². The lowest BCUT2D eigenvalue weighted by atomic mass is 10.1. The molecule has 0 fully saturated rings. The van der Waals surface area contributed by atoms with Gasteiger partial charge in [-0.2, -0.15) is 0 Å². The van der Waals surface area contributed by atoms with E-state index in [0.29, 0.717) is 23.7 Å². The lowest BCUT2D eigenvalue weighted by molar-refractivity contribution is -0.120. The summed E-state index contributed by atoms with van der Waals surface area (Å²) in [6.07, 6.45) is 1.06. The molecule has 2 rings (SSSR count). The summed E-state index contributed by atoms with van der Waals surface area (Å²) in [4.78, 5) is 11.9. The highest BCUT2D eigenvalue weighted by molar-refractivity contribution is 6.30. The number of carbonyl (C=O) groups excluding carboxylic acids is 1. The monoisotopic (exact) mass is 292 g/mol. The van der Waals surface area contributed by atoms with Gasteiger partial charge in [-0.1, -0.05) is 28.9 Å². The fourth-order valence-corrected chi connectivity index (χ4v) is 2.23. The molecule has 0 radical (unpaired) electrons. The summed E-state index contributed by atoms with van der Waals surface area (Å²) in [5, 5.41) is 7.44. The minimum atomic E-state index is -0.0265. The Morgan fingerprint density at radius 3 is 2.85 bits per heavy atom. The first-order valence-corrected chi connectivity index (χ1v) is 6.87. The van der Waals surface area contributed by atoms with Crippen LogP contribution in [0.5, 0.6) is 0 Å². The Kier molecular flexibility index (Phi) is 4.79. The third-order valence-corrected chi connectivity index (χ3v) is 3.38. The first kappa shape index (κ1) is 14.6. The average Bonchev–Trinajstić information content (AvgIpc) is 2.71. The topological polar surface area (TPSA) is 55.1 Å². The molecule has 1 N–H and O–H groups in total. The zero-order chi connectivity index (χ0) is 14.5. The molecule has 0 aliphatic rings. The van der Waals surface area contributed by atoms with Crippen LogP contribution in [0.2, 0.25) is 5.02 Å². The van der Waals surface area contributed by atoms with Gasteiger partial charge in [-0.15, -0.1) is 0 Å². The van der Waals surface area contributed by atoms with Crippen molar-refractivity contribution < 1.29 is 9.32 Å². The molecule has 0 aliphatic carbocycles. The molecule has 0 unspecified atom stereocenters. The molecule has 1 aromatic heterocycles. The number of carbonyl (C=O) groups is 1. The number of nitrogens with zero attached hydrogens (tertiary/aromatic N) is 1. The molecule has 0 saturated heterocycles. The van der Waals surface area contributed by atoms with Crippen molar-refractivity contribution >= 4 is 17.5 Å². The fraction of sp³-hybridized carbons (Fsp3) is 0.333. The summed E-state index contributed by atoms with van der Waals surface area (Å²) in [5.74, 6) is 0.675. The van der Waals surface area contributed by atoms with Crippen LogP contribution in [0.4, 0.5) is 0 Å². The molecule has 1 heterocycles. The quantitative estimate of drug-likeness (QED) is 0.922. The van der Waals surface area contributed by atoms with E-state index >= 15 is 0 Å². The molecule has 2 aromatic rings. The van der Waals surface area contributed by atoms with Crippen molar-refractivity contribution in [3.63, 3.8) is 0 Å². The van der Waals surface area contributed by atoms with Gasteiger partial charge in [0, 0.05) is 17.1 Å². The van der Waals surface area contributed by atoms with Crippen LogP contribution >= 0.6 is 11.6 Å². The van der Waals surface area contributed by atoms with Crippen molar-refractivity contribution in [3.05, 3.63) is 51.9 Å². The fourth-order valence-electron chi connectivity index (χ4n) is 2.02. The maximum Gasteiger partial charge on any atom is 0.224 e. The molecule has 1 amide bonds. The molecule has 5 heteroatoms. The molecule has 0 aliphatic heterocycles. The predicted molar refractivity (Wildman–Crippen MR) is 77.8 cm³/mol. The molecule has 0 spiro atoms. The largest absolute Gasteiger partial charge is 0.361 e. The maximum atomic E-state index is 11.9. The van der Waals surface area contributed by atoms with Gasteiger partial charge in [0.2, 0.25) is 5.91 Å². The lowest BCUT2D eigenvalue weighted by Gasteiger charge is -2.05. The summed E-state index contributed by atoms with van der Waals surface area (Å²) in [7, 11) is 0. The Hall–Kier alpha value is -1.81. The van der Waals surface area contributed by atoms with Crippen LogP contribution in [0, 0.1) is 13.8 Å². The molecule has 0 saturated carbocycles. The highest BCUT2D eigenvalue weighted by Gasteiger charge is 2.12. The minimum Gasteiger partial charge on any atom is -0.361 e. The second kappa shape index (κ2) is 6.57. The normalized spacial score (nSPS) is 10.6. The lowest BCUT2D eigenvalue weighted by Crippen LogP contribution is -2.27. The van der Waals surface area contributed by atoms with E-state index in [1.807, 2.05) is 38.1 Å². The first-order valence-electron chi connectivity index (χ1n) is 6.49. The van der Waals surface area contributed by atoms with E-state index in [1.54, 1.807) is 0 Å². The summed E-state index contributed by atoms with van der Waals surface area (Å²) >= 11 is 5.91. The van der Waals surface area contributed by atoms with Crippen molar-refractivity contribution in [2.75, 3.05) is 6.54 Å². The Balaban J connectivity index is 1.81. The third-order valence-electron chi connectivity index (χ3n) is 3.14. The zero-order valence-corrected chi connectivity index (χ0v) is 12.3. The number of aromatic nitrogens is 1. The predicted octanol–water partition coefficient (Wildman–Crippen LogP) is 2.85. The van der Waals surface area contributed by atoms with Gasteiger partial charge < -0.3 is 9.84 Å². The molecular weight excluding hydrogens is 276 g/mol. The summed E-state index contributed by atoms with van der Waals surface area (Å²) in [5.41, 5.74) is 2.74. The number of hydrogen-bond donors (Lipinski definition) is 1. The molecule has 4 nitrogen and oxygen atoms in total. The second-order valence-corrected chi connectivity index (χ2v) is 5.15. The first-order chi connectivity index (χ1) is 9.56. The SMILES string of the molecule is Cc1noc(C)c1CC(=O)NCCc1cccc(Cl)c1. The van der Waals surface area contributed by atoms with E-state index in [9.17, 15) is 4.79 Å². The summed E-state index contributed by atoms with van der Waals surface area (Å²) < 4.78 is 5.04. The molecule has 0 bridgehead atoms. The molecule has 20 heavy (non-hydrogen) atoms. The Labute approximate surface area is 123 Å². The van der Waals surface area contributed by atoms with Gasteiger partial charge >= 0.3 is 0 Å². The van der Waals surface area contributed by atoms with Crippen molar-refractivity contribution in [1.82, 2.24) is 10.5 Å². The number of amides is 1. The van der Waals surface area contributed by atoms with E-state index in [1.165, 1.54) is 0 Å². The number of halogens is 1. The van der Waals surface area contributed by atoms with Gasteiger partial charge in [0.05, 0.1) is 12.1 Å². The van der Waals surface area contributed by atoms with Gasteiger partial charge in [0.25, 0.3) is 0 Å². The molecule has 1 aromatic carbocycles. The summed E-state index contributed by atoms with van der Waals surface area (Å²) in [6, 6.07) is 7.64. The van der Waals surface area contributed by atoms with E-state index in [0.717, 1.165) is 23.2 Å². The van der Waals surface area contributed by atoms with Crippen LogP contribution < -0.4 is 5.32 Å². The Morgan fingerprint density at radius 2 is 2.20 bits per heavy atom. The van der Waals surface area contributed by atoms with Gasteiger partial charge in [0.15, 0.2) is 0 Å². The van der Waals surface area contributed by atoms with Gasteiger partial charge in [-0.25, -0.2) is 0 Å². The molecular formula is C15H17ClN2O2. The van der Waals surface area contributed by atoms with Crippen LogP contribution in [0.25, 0.3) is 0 Å². The zero-order valence-electron chi connectivity index (χ0n) is 11.6. The third kappa shape index (κ3) is 3.84. The molecule has 0 atom stereocenters. The Morgan fingerprint density at radius 1 is 1.40 bits per heavy atom. The number of aryl methyl sites for hydroxylation is 2. The van der Waals surface area contributed by atoms with Crippen LogP contribution in [0.3, 0.4) is 0 Å². The number of hydrogen-bond acceptors (Lipinski definition) is 3. The maximum absolute atomic E-state index is 11.9. The Bertz CT molecular complexity index is 588. The van der Waals surface area contributed by atoms with Crippen LogP contribution in [0.1, 0.15) is 22.6 Å². The van der Waals surface area contributed by atoms with Gasteiger partial charge in [0.1, 0.15) is 5.76 Å². The van der Waals surface area contributed by atoms with Gasteiger partial charge in [-0.05, 0) is 38.0 Å². The van der Waals surface area contributed by atoms with E-state index in [-0.39, 0.29) is 5.91 Å².